The van der Waals surface area contributed by atoms with Crippen molar-refractivity contribution in [3.05, 3.63) is 70.0 Å². The van der Waals surface area contributed by atoms with Crippen molar-refractivity contribution in [1.82, 2.24) is 0 Å². The monoisotopic (exact) mass is 316 g/mol. The first-order valence-electron chi connectivity index (χ1n) is 5.92. The van der Waals surface area contributed by atoms with E-state index >= 15 is 0 Å². The van der Waals surface area contributed by atoms with E-state index in [-0.39, 0.29) is 12.0 Å². The van der Waals surface area contributed by atoms with Crippen molar-refractivity contribution >= 4 is 17.4 Å². The molecule has 0 atom stereocenters. The van der Waals surface area contributed by atoms with Crippen LogP contribution >= 0.6 is 11.6 Å². The van der Waals surface area contributed by atoms with Crippen LogP contribution in [-0.4, -0.2) is 5.78 Å². The third kappa shape index (κ3) is 3.82. The van der Waals surface area contributed by atoms with Crippen molar-refractivity contribution in [3.63, 3.8) is 0 Å². The first kappa shape index (κ1) is 15.5. The summed E-state index contributed by atoms with van der Waals surface area (Å²) in [6.07, 6.45) is -4.82. The molecule has 0 saturated carbocycles. The molecule has 0 fully saturated rings. The van der Waals surface area contributed by atoms with E-state index in [1.807, 2.05) is 0 Å². The fourth-order valence-corrected chi connectivity index (χ4v) is 1.93. The number of halogens is 5. The number of alkyl halides is 3. The van der Waals surface area contributed by atoms with Crippen molar-refractivity contribution in [2.75, 3.05) is 0 Å². The van der Waals surface area contributed by atoms with Gasteiger partial charge in [0.1, 0.15) is 5.82 Å². The van der Waals surface area contributed by atoms with Crippen LogP contribution in [0.25, 0.3) is 0 Å². The topological polar surface area (TPSA) is 17.1 Å². The predicted octanol–water partition coefficient (Wildman–Crippen LogP) is 4.92. The smallest absolute Gasteiger partial charge is 0.294 e. The highest BCUT2D eigenvalue weighted by Crippen LogP contribution is 2.31. The van der Waals surface area contributed by atoms with Crippen molar-refractivity contribution in [2.45, 2.75) is 12.6 Å². The molecule has 0 aliphatic rings. The molecule has 2 aromatic rings. The second kappa shape index (κ2) is 5.85. The van der Waals surface area contributed by atoms with Gasteiger partial charge in [-0.1, -0.05) is 29.8 Å². The molecule has 6 heteroatoms. The molecular weight excluding hydrogens is 308 g/mol. The normalized spacial score (nSPS) is 11.5. The van der Waals surface area contributed by atoms with Gasteiger partial charge in [-0.25, -0.2) is 4.39 Å². The maximum absolute atomic E-state index is 13.4. The van der Waals surface area contributed by atoms with Crippen LogP contribution in [0.1, 0.15) is 21.5 Å². The van der Waals surface area contributed by atoms with Crippen LogP contribution < -0.4 is 0 Å². The zero-order chi connectivity index (χ0) is 15.6. The lowest BCUT2D eigenvalue weighted by Crippen LogP contribution is -2.10. The summed E-state index contributed by atoms with van der Waals surface area (Å²) >= 11 is 5.71. The Balaban J connectivity index is 2.20. The Morgan fingerprint density at radius 1 is 1.05 bits per heavy atom. The van der Waals surface area contributed by atoms with Gasteiger partial charge in [0, 0.05) is 17.0 Å². The van der Waals surface area contributed by atoms with Crippen LogP contribution in [0.4, 0.5) is 17.6 Å². The molecule has 0 heterocycles. The van der Waals surface area contributed by atoms with Crippen LogP contribution in [0.5, 0.6) is 0 Å². The van der Waals surface area contributed by atoms with Gasteiger partial charge in [0.15, 0.2) is 5.78 Å². The van der Waals surface area contributed by atoms with Gasteiger partial charge in [0.25, 0.3) is 0 Å². The average molecular weight is 317 g/mol. The Labute approximate surface area is 123 Å². The molecule has 0 N–H and O–H groups in total. The highest BCUT2D eigenvalue weighted by atomic mass is 35.5. The fraction of sp³-hybridized carbons (Fsp3) is 0.133. The maximum Gasteiger partial charge on any atom is 0.419 e. The molecule has 0 bridgehead atoms. The minimum Gasteiger partial charge on any atom is -0.294 e. The van der Waals surface area contributed by atoms with Crippen molar-refractivity contribution in [3.8, 4) is 0 Å². The SMILES string of the molecule is O=C(Cc1ccc(Cl)cc1)c1ccc(C(F)(F)F)c(F)c1. The number of Topliss-reactive ketones (excluding diaryl/α,β-unsaturated/α-hetero) is 1. The molecule has 2 aromatic carbocycles. The molecule has 0 aromatic heterocycles. The summed E-state index contributed by atoms with van der Waals surface area (Å²) in [7, 11) is 0. The summed E-state index contributed by atoms with van der Waals surface area (Å²) in [5.41, 5.74) is -0.842. The van der Waals surface area contributed by atoms with Crippen molar-refractivity contribution < 1.29 is 22.4 Å². The lowest BCUT2D eigenvalue weighted by molar-refractivity contribution is -0.140. The zero-order valence-corrected chi connectivity index (χ0v) is 11.3. The number of rotatable bonds is 3. The van der Waals surface area contributed by atoms with Crippen LogP contribution in [-0.2, 0) is 12.6 Å². The van der Waals surface area contributed by atoms with Crippen molar-refractivity contribution in [2.24, 2.45) is 0 Å². The summed E-state index contributed by atoms with van der Waals surface area (Å²) in [5, 5.41) is 0.506. The number of benzene rings is 2. The van der Waals surface area contributed by atoms with E-state index in [2.05, 4.69) is 0 Å². The van der Waals surface area contributed by atoms with Gasteiger partial charge < -0.3 is 0 Å². The van der Waals surface area contributed by atoms with Gasteiger partial charge in [-0.05, 0) is 29.8 Å². The van der Waals surface area contributed by atoms with Gasteiger partial charge >= 0.3 is 6.18 Å². The highest BCUT2D eigenvalue weighted by Gasteiger charge is 2.34. The standard InChI is InChI=1S/C15H9ClF4O/c16-11-4-1-9(2-5-11)7-14(21)10-3-6-12(13(17)8-10)15(18,19)20/h1-6,8H,7H2. The molecule has 21 heavy (non-hydrogen) atoms. The highest BCUT2D eigenvalue weighted by molar-refractivity contribution is 6.30. The first-order valence-corrected chi connectivity index (χ1v) is 6.29. The molecule has 0 spiro atoms. The van der Waals surface area contributed by atoms with Crippen molar-refractivity contribution in [1.29, 1.82) is 0 Å². The lowest BCUT2D eigenvalue weighted by Gasteiger charge is -2.09. The molecule has 0 aliphatic carbocycles. The Bertz CT molecular complexity index is 662. The average Bonchev–Trinajstić information content (AvgIpc) is 2.39. The molecule has 0 saturated heterocycles. The first-order chi connectivity index (χ1) is 9.77. The van der Waals surface area contributed by atoms with Gasteiger partial charge in [0.2, 0.25) is 0 Å². The summed E-state index contributed by atoms with van der Waals surface area (Å²) in [6.45, 7) is 0. The molecule has 110 valence electrons. The van der Waals surface area contributed by atoms with E-state index in [4.69, 9.17) is 11.6 Å². The minimum absolute atomic E-state index is 0.0397. The number of hydrogen-bond acceptors (Lipinski definition) is 1. The van der Waals surface area contributed by atoms with Gasteiger partial charge in [0.05, 0.1) is 5.56 Å². The van der Waals surface area contributed by atoms with Gasteiger partial charge in [-0.2, -0.15) is 13.2 Å². The minimum atomic E-state index is -4.78. The van der Waals surface area contributed by atoms with E-state index < -0.39 is 23.3 Å². The fourth-order valence-electron chi connectivity index (χ4n) is 1.81. The molecule has 1 nitrogen and oxygen atoms in total. The summed E-state index contributed by atoms with van der Waals surface area (Å²) < 4.78 is 50.7. The Kier molecular flexibility index (Phi) is 4.32. The van der Waals surface area contributed by atoms with E-state index in [0.717, 1.165) is 6.07 Å². The van der Waals surface area contributed by atoms with Gasteiger partial charge in [-0.3, -0.25) is 4.79 Å². The van der Waals surface area contributed by atoms with Crippen LogP contribution in [0.2, 0.25) is 5.02 Å². The van der Waals surface area contributed by atoms with E-state index in [9.17, 15) is 22.4 Å². The third-order valence-corrected chi connectivity index (χ3v) is 3.13. The van der Waals surface area contributed by atoms with E-state index in [1.165, 1.54) is 0 Å². The number of carbonyl (C=O) groups is 1. The molecule has 0 radical (unpaired) electrons. The van der Waals surface area contributed by atoms with Gasteiger partial charge in [-0.15, -0.1) is 0 Å². The third-order valence-electron chi connectivity index (χ3n) is 2.87. The van der Waals surface area contributed by atoms with E-state index in [0.29, 0.717) is 22.7 Å². The predicted molar refractivity (Wildman–Crippen MR) is 70.9 cm³/mol. The summed E-state index contributed by atoms with van der Waals surface area (Å²) in [6, 6.07) is 8.60. The Morgan fingerprint density at radius 2 is 1.67 bits per heavy atom. The molecule has 0 amide bonds. The summed E-state index contributed by atoms with van der Waals surface area (Å²) in [4.78, 5) is 11.9. The Hall–Kier alpha value is -1.88. The maximum atomic E-state index is 13.4. The largest absolute Gasteiger partial charge is 0.419 e. The molecule has 0 unspecified atom stereocenters. The zero-order valence-electron chi connectivity index (χ0n) is 10.5. The quantitative estimate of drug-likeness (QED) is 0.580. The van der Waals surface area contributed by atoms with E-state index in [1.54, 1.807) is 24.3 Å². The van der Waals surface area contributed by atoms with Crippen LogP contribution in [0.3, 0.4) is 0 Å². The number of ketones is 1. The molecule has 0 aliphatic heterocycles. The van der Waals surface area contributed by atoms with Crippen LogP contribution in [0.15, 0.2) is 42.5 Å². The number of carbonyl (C=O) groups excluding carboxylic acids is 1. The van der Waals surface area contributed by atoms with Crippen LogP contribution in [0, 0.1) is 5.82 Å². The Morgan fingerprint density at radius 3 is 2.19 bits per heavy atom. The molecule has 2 rings (SSSR count). The molecular formula is C15H9ClF4O. The second-order valence-electron chi connectivity index (χ2n) is 4.42. The second-order valence-corrected chi connectivity index (χ2v) is 4.86. The number of hydrogen-bond donors (Lipinski definition) is 0. The summed E-state index contributed by atoms with van der Waals surface area (Å²) in [5.74, 6) is -1.92. The lowest BCUT2D eigenvalue weighted by atomic mass is 10.0.